The number of anilines is 1. The van der Waals surface area contributed by atoms with Crippen molar-refractivity contribution in [3.63, 3.8) is 0 Å². The van der Waals surface area contributed by atoms with Gasteiger partial charge in [-0.15, -0.1) is 11.8 Å². The highest BCUT2D eigenvalue weighted by molar-refractivity contribution is 8.05. The van der Waals surface area contributed by atoms with Crippen molar-refractivity contribution in [2.45, 2.75) is 12.2 Å². The van der Waals surface area contributed by atoms with Gasteiger partial charge in [0, 0.05) is 0 Å². The molecule has 1 aromatic rings. The molecule has 0 fully saturated rings. The van der Waals surface area contributed by atoms with E-state index in [4.69, 9.17) is 15.6 Å². The average molecular weight is 375 g/mol. The molecule has 130 valence electrons. The number of amides is 2. The topological polar surface area (TPSA) is 174 Å². The summed E-state index contributed by atoms with van der Waals surface area (Å²) in [6.07, 6.45) is 1.30. The maximum Gasteiger partial charge on any atom is 0.322 e. The summed E-state index contributed by atoms with van der Waals surface area (Å²) in [7, 11) is -0.994. The molecule has 0 saturated carbocycles. The van der Waals surface area contributed by atoms with Crippen LogP contribution in [0.4, 0.5) is 10.7 Å². The van der Waals surface area contributed by atoms with Crippen LogP contribution >= 0.6 is 11.8 Å². The lowest BCUT2D eigenvalue weighted by Crippen LogP contribution is -2.22. The predicted molar refractivity (Wildman–Crippen MR) is 86.4 cm³/mol. The first-order valence-electron chi connectivity index (χ1n) is 6.08. The van der Waals surface area contributed by atoms with E-state index in [9.17, 15) is 18.0 Å². The number of urea groups is 1. The highest BCUT2D eigenvalue weighted by Crippen LogP contribution is 2.21. The van der Waals surface area contributed by atoms with Crippen LogP contribution in [0.5, 0.6) is 6.01 Å². The fourth-order valence-electron chi connectivity index (χ4n) is 1.38. The van der Waals surface area contributed by atoms with Crippen molar-refractivity contribution in [2.75, 3.05) is 12.4 Å². The van der Waals surface area contributed by atoms with Crippen molar-refractivity contribution < 1.29 is 27.9 Å². The van der Waals surface area contributed by atoms with Gasteiger partial charge < -0.3 is 15.6 Å². The summed E-state index contributed by atoms with van der Waals surface area (Å²) < 4.78 is 25.5. The minimum atomic E-state index is -2.41. The molecular formula is C11H13N5O6S2. The molecule has 0 bridgehead atoms. The van der Waals surface area contributed by atoms with Gasteiger partial charge in [-0.3, -0.25) is 10.1 Å². The van der Waals surface area contributed by atoms with E-state index in [0.717, 1.165) is 11.8 Å². The third kappa shape index (κ3) is 5.85. The number of aryl methyl sites for hydroxylation is 1. The molecule has 2 amide bonds. The molecule has 24 heavy (non-hydrogen) atoms. The van der Waals surface area contributed by atoms with Gasteiger partial charge in [-0.25, -0.2) is 4.79 Å². The number of thioether (sulfide) groups is 1. The van der Waals surface area contributed by atoms with Gasteiger partial charge in [0.1, 0.15) is 11.1 Å². The molecule has 13 heteroatoms. The van der Waals surface area contributed by atoms with Gasteiger partial charge in [-0.2, -0.15) is 23.4 Å². The summed E-state index contributed by atoms with van der Waals surface area (Å²) in [5.74, 6) is -0.605. The first-order chi connectivity index (χ1) is 11.2. The summed E-state index contributed by atoms with van der Waals surface area (Å²) in [4.78, 5) is 32.1. The highest BCUT2D eigenvalue weighted by atomic mass is 32.2. The van der Waals surface area contributed by atoms with Crippen molar-refractivity contribution in [3.05, 3.63) is 17.3 Å². The van der Waals surface area contributed by atoms with Gasteiger partial charge in [-0.05, 0) is 18.4 Å². The van der Waals surface area contributed by atoms with E-state index in [2.05, 4.69) is 20.3 Å². The van der Waals surface area contributed by atoms with E-state index in [0.29, 0.717) is 5.82 Å². The van der Waals surface area contributed by atoms with Crippen LogP contribution in [0.1, 0.15) is 5.82 Å². The summed E-state index contributed by atoms with van der Waals surface area (Å²) in [6.45, 7) is 1.65. The maximum atomic E-state index is 10.4. The van der Waals surface area contributed by atoms with Crippen molar-refractivity contribution in [1.82, 2.24) is 15.0 Å². The Kier molecular flexibility index (Phi) is 7.13. The molecule has 2 heterocycles. The summed E-state index contributed by atoms with van der Waals surface area (Å²) in [6, 6.07) is -0.594. The molecule has 11 nitrogen and oxygen atoms in total. The van der Waals surface area contributed by atoms with Crippen LogP contribution in [0, 0.1) is 6.92 Å². The van der Waals surface area contributed by atoms with Crippen molar-refractivity contribution in [2.24, 2.45) is 5.73 Å². The standard InChI is InChI=1S/C6H9N5O2.C5H4O4S2/c1-3-8-5(10-4(7)12)11-6(9-3)13-2;6-5(7)4-3(11(8)9)1-2-10-4/h1-2H3,(H3,7,8,9,10,11,12);1-2,4H,(H,6,7). The van der Waals surface area contributed by atoms with Gasteiger partial charge in [0.05, 0.1) is 12.0 Å². The number of carboxylic acids is 1. The van der Waals surface area contributed by atoms with Gasteiger partial charge in [-0.1, -0.05) is 0 Å². The number of aliphatic carboxylic acids is 1. The summed E-state index contributed by atoms with van der Waals surface area (Å²) in [5, 5.41) is 11.2. The molecule has 0 radical (unpaired) electrons. The molecule has 0 spiro atoms. The number of carboxylic acid groups (broad SMARTS) is 1. The number of aromatic nitrogens is 3. The smallest absolute Gasteiger partial charge is 0.322 e. The molecule has 1 aliphatic heterocycles. The van der Waals surface area contributed by atoms with Crippen LogP contribution in [0.15, 0.2) is 11.5 Å². The molecule has 0 aliphatic carbocycles. The Morgan fingerprint density at radius 2 is 2.04 bits per heavy atom. The number of methoxy groups -OCH3 is 1. The second kappa shape index (κ2) is 8.83. The van der Waals surface area contributed by atoms with Crippen LogP contribution in [0.2, 0.25) is 0 Å². The molecule has 2 rings (SSSR count). The van der Waals surface area contributed by atoms with Crippen LogP contribution in [0.25, 0.3) is 0 Å². The summed E-state index contributed by atoms with van der Waals surface area (Å²) in [5.41, 5.74) is 4.87. The second-order valence-corrected chi connectivity index (χ2v) is 5.93. The van der Waals surface area contributed by atoms with E-state index in [1.54, 1.807) is 6.92 Å². The number of nitrogens with zero attached hydrogens (tertiary/aromatic N) is 3. The zero-order valence-electron chi connectivity index (χ0n) is 12.5. The van der Waals surface area contributed by atoms with E-state index in [-0.39, 0.29) is 16.8 Å². The Morgan fingerprint density at radius 1 is 1.38 bits per heavy atom. The van der Waals surface area contributed by atoms with E-state index in [1.807, 2.05) is 0 Å². The fourth-order valence-corrected chi connectivity index (χ4v) is 3.03. The third-order valence-corrected chi connectivity index (χ3v) is 4.19. The molecule has 1 unspecified atom stereocenters. The number of allylic oxidation sites excluding steroid dienone is 1. The minimum Gasteiger partial charge on any atom is -0.480 e. The van der Waals surface area contributed by atoms with Crippen LogP contribution in [0.3, 0.4) is 0 Å². The monoisotopic (exact) mass is 375 g/mol. The zero-order valence-corrected chi connectivity index (χ0v) is 14.1. The normalized spacial score (nSPS) is 15.2. The second-order valence-electron chi connectivity index (χ2n) is 3.98. The van der Waals surface area contributed by atoms with Crippen molar-refractivity contribution in [3.8, 4) is 6.01 Å². The Hall–Kier alpha value is -2.67. The third-order valence-electron chi connectivity index (χ3n) is 2.27. The Labute approximate surface area is 141 Å². The molecule has 4 N–H and O–H groups in total. The average Bonchev–Trinajstić information content (AvgIpc) is 2.96. The number of hydrogen-bond donors (Lipinski definition) is 3. The lowest BCUT2D eigenvalue weighted by atomic mass is 10.3. The largest absolute Gasteiger partial charge is 0.480 e. The zero-order chi connectivity index (χ0) is 18.3. The van der Waals surface area contributed by atoms with Crippen molar-refractivity contribution >= 4 is 44.9 Å². The molecule has 1 aromatic heterocycles. The lowest BCUT2D eigenvalue weighted by Gasteiger charge is -2.02. The van der Waals surface area contributed by atoms with Gasteiger partial charge in [0.25, 0.3) is 0 Å². The van der Waals surface area contributed by atoms with E-state index in [1.165, 1.54) is 18.6 Å². The molecule has 1 atom stereocenters. The number of ether oxygens (including phenoxy) is 1. The van der Waals surface area contributed by atoms with Crippen LogP contribution in [-0.4, -0.2) is 57.7 Å². The van der Waals surface area contributed by atoms with E-state index >= 15 is 0 Å². The minimum absolute atomic E-state index is 0.0671. The van der Waals surface area contributed by atoms with Crippen LogP contribution in [-0.2, 0) is 15.1 Å². The Bertz CT molecular complexity index is 799. The van der Waals surface area contributed by atoms with Gasteiger partial charge >= 0.3 is 18.0 Å². The predicted octanol–water partition coefficient (Wildman–Crippen LogP) is -0.569. The molecule has 1 aliphatic rings. The SMILES string of the molecule is COc1nc(C)nc(NC(N)=O)n1.O=C(O)C1SC=CC1=S(=O)=O. The fraction of sp³-hybridized carbons (Fsp3) is 0.273. The quantitative estimate of drug-likeness (QED) is 0.580. The Balaban J connectivity index is 0.000000243. The first kappa shape index (κ1) is 19.4. The van der Waals surface area contributed by atoms with Gasteiger partial charge in [0.15, 0.2) is 0 Å². The number of hydrogen-bond acceptors (Lipinski definition) is 9. The number of nitrogens with one attached hydrogen (secondary N) is 1. The summed E-state index contributed by atoms with van der Waals surface area (Å²) >= 11 is 0.977. The van der Waals surface area contributed by atoms with Gasteiger partial charge in [0.2, 0.25) is 16.2 Å². The van der Waals surface area contributed by atoms with Crippen LogP contribution < -0.4 is 15.8 Å². The number of carbonyl (C=O) groups is 2. The Morgan fingerprint density at radius 3 is 2.50 bits per heavy atom. The first-order valence-corrected chi connectivity index (χ1v) is 8.10. The number of primary amides is 1. The number of rotatable bonds is 3. The molecular weight excluding hydrogens is 362 g/mol. The molecule has 0 saturated heterocycles. The number of nitrogens with two attached hydrogens (primary N) is 1. The van der Waals surface area contributed by atoms with Crippen molar-refractivity contribution in [1.29, 1.82) is 0 Å². The van der Waals surface area contributed by atoms with E-state index < -0.39 is 27.5 Å². The number of carbonyl (C=O) groups excluding carboxylic acids is 1. The molecule has 0 aromatic carbocycles. The maximum absolute atomic E-state index is 10.4. The lowest BCUT2D eigenvalue weighted by molar-refractivity contribution is -0.135. The highest BCUT2D eigenvalue weighted by Gasteiger charge is 2.26.